The van der Waals surface area contributed by atoms with Crippen molar-refractivity contribution in [2.75, 3.05) is 0 Å². The third-order valence-electron chi connectivity index (χ3n) is 2.43. The topological polar surface area (TPSA) is 35.2 Å². The predicted molar refractivity (Wildman–Crippen MR) is 59.0 cm³/mol. The Hall–Kier alpha value is -0.860. The normalized spacial score (nSPS) is 15.1. The molecule has 0 saturated carbocycles. The monoisotopic (exact) mass is 193 g/mol. The Morgan fingerprint density at radius 1 is 1.29 bits per heavy atom. The average Bonchev–Trinajstić information content (AvgIpc) is 2.26. The molecule has 1 rings (SSSR count). The standard InChI is InChI=1S/C12H19NO/c1-3-12(13)10(2)14-9-11-7-5-4-6-8-11/h4-8,10,12H,3,9,13H2,1-2H3/t10-,12?/m0/s1. The van der Waals surface area contributed by atoms with Crippen molar-refractivity contribution in [3.8, 4) is 0 Å². The molecule has 0 aromatic heterocycles. The summed E-state index contributed by atoms with van der Waals surface area (Å²) in [6.45, 7) is 4.75. The fourth-order valence-corrected chi connectivity index (χ4v) is 1.26. The lowest BCUT2D eigenvalue weighted by Crippen LogP contribution is -2.33. The van der Waals surface area contributed by atoms with Crippen LogP contribution in [0.2, 0.25) is 0 Å². The quantitative estimate of drug-likeness (QED) is 0.779. The van der Waals surface area contributed by atoms with Crippen LogP contribution >= 0.6 is 0 Å². The fourth-order valence-electron chi connectivity index (χ4n) is 1.26. The molecule has 0 fully saturated rings. The second-order valence-electron chi connectivity index (χ2n) is 3.57. The lowest BCUT2D eigenvalue weighted by molar-refractivity contribution is 0.0353. The number of nitrogens with two attached hydrogens (primary N) is 1. The molecule has 0 spiro atoms. The zero-order chi connectivity index (χ0) is 10.4. The third kappa shape index (κ3) is 3.48. The molecule has 2 nitrogen and oxygen atoms in total. The van der Waals surface area contributed by atoms with E-state index in [1.165, 1.54) is 5.56 Å². The highest BCUT2D eigenvalue weighted by molar-refractivity contribution is 5.13. The van der Waals surface area contributed by atoms with E-state index >= 15 is 0 Å². The van der Waals surface area contributed by atoms with E-state index in [-0.39, 0.29) is 12.1 Å². The summed E-state index contributed by atoms with van der Waals surface area (Å²) < 4.78 is 5.66. The molecule has 0 aliphatic rings. The summed E-state index contributed by atoms with van der Waals surface area (Å²) in [5.41, 5.74) is 7.05. The van der Waals surface area contributed by atoms with Crippen LogP contribution in [0.3, 0.4) is 0 Å². The molecule has 0 heterocycles. The van der Waals surface area contributed by atoms with Crippen LogP contribution in [0.4, 0.5) is 0 Å². The lowest BCUT2D eigenvalue weighted by Gasteiger charge is -2.18. The average molecular weight is 193 g/mol. The fraction of sp³-hybridized carbons (Fsp3) is 0.500. The highest BCUT2D eigenvalue weighted by atomic mass is 16.5. The minimum absolute atomic E-state index is 0.125. The number of hydrogen-bond acceptors (Lipinski definition) is 2. The number of benzene rings is 1. The van der Waals surface area contributed by atoms with Gasteiger partial charge in [-0.05, 0) is 18.9 Å². The molecule has 0 amide bonds. The van der Waals surface area contributed by atoms with E-state index in [4.69, 9.17) is 10.5 Å². The van der Waals surface area contributed by atoms with Crippen LogP contribution in [0.15, 0.2) is 30.3 Å². The van der Waals surface area contributed by atoms with Crippen molar-refractivity contribution in [1.82, 2.24) is 0 Å². The first-order valence-corrected chi connectivity index (χ1v) is 5.15. The van der Waals surface area contributed by atoms with Gasteiger partial charge < -0.3 is 10.5 Å². The van der Waals surface area contributed by atoms with Crippen molar-refractivity contribution in [1.29, 1.82) is 0 Å². The zero-order valence-electron chi connectivity index (χ0n) is 8.94. The van der Waals surface area contributed by atoms with Gasteiger partial charge in [0.05, 0.1) is 12.7 Å². The van der Waals surface area contributed by atoms with E-state index in [0.29, 0.717) is 6.61 Å². The molecule has 1 unspecified atom stereocenters. The Bertz CT molecular complexity index is 248. The van der Waals surface area contributed by atoms with Crippen LogP contribution in [0.5, 0.6) is 0 Å². The molecule has 2 heteroatoms. The van der Waals surface area contributed by atoms with Gasteiger partial charge in [-0.3, -0.25) is 0 Å². The minimum Gasteiger partial charge on any atom is -0.372 e. The van der Waals surface area contributed by atoms with Gasteiger partial charge in [-0.15, -0.1) is 0 Å². The van der Waals surface area contributed by atoms with Crippen molar-refractivity contribution >= 4 is 0 Å². The van der Waals surface area contributed by atoms with E-state index in [2.05, 4.69) is 19.1 Å². The van der Waals surface area contributed by atoms with Crippen LogP contribution in [0.25, 0.3) is 0 Å². The van der Waals surface area contributed by atoms with Gasteiger partial charge in [0.25, 0.3) is 0 Å². The van der Waals surface area contributed by atoms with Gasteiger partial charge in [0.2, 0.25) is 0 Å². The van der Waals surface area contributed by atoms with E-state index < -0.39 is 0 Å². The molecule has 14 heavy (non-hydrogen) atoms. The van der Waals surface area contributed by atoms with E-state index in [1.54, 1.807) is 0 Å². The largest absolute Gasteiger partial charge is 0.372 e. The van der Waals surface area contributed by atoms with Gasteiger partial charge in [0.1, 0.15) is 0 Å². The van der Waals surface area contributed by atoms with Crippen LogP contribution < -0.4 is 5.73 Å². The summed E-state index contributed by atoms with van der Waals surface area (Å²) in [6, 6.07) is 10.3. The maximum absolute atomic E-state index is 5.86. The number of ether oxygens (including phenoxy) is 1. The maximum atomic E-state index is 5.86. The smallest absolute Gasteiger partial charge is 0.0721 e. The molecule has 0 saturated heterocycles. The highest BCUT2D eigenvalue weighted by Crippen LogP contribution is 2.06. The second-order valence-corrected chi connectivity index (χ2v) is 3.57. The van der Waals surface area contributed by atoms with Gasteiger partial charge in [-0.2, -0.15) is 0 Å². The second kappa shape index (κ2) is 5.78. The Morgan fingerprint density at radius 2 is 1.93 bits per heavy atom. The Labute approximate surface area is 86.1 Å². The van der Waals surface area contributed by atoms with E-state index in [0.717, 1.165) is 6.42 Å². The van der Waals surface area contributed by atoms with Gasteiger partial charge in [-0.25, -0.2) is 0 Å². The van der Waals surface area contributed by atoms with Crippen molar-refractivity contribution in [3.05, 3.63) is 35.9 Å². The molecular weight excluding hydrogens is 174 g/mol. The maximum Gasteiger partial charge on any atom is 0.0721 e. The first kappa shape index (κ1) is 11.2. The predicted octanol–water partition coefficient (Wildman–Crippen LogP) is 2.33. The lowest BCUT2D eigenvalue weighted by atomic mass is 10.1. The molecule has 1 aromatic rings. The van der Waals surface area contributed by atoms with Crippen LogP contribution in [-0.4, -0.2) is 12.1 Å². The zero-order valence-corrected chi connectivity index (χ0v) is 8.94. The van der Waals surface area contributed by atoms with Gasteiger partial charge in [-0.1, -0.05) is 37.3 Å². The van der Waals surface area contributed by atoms with Crippen LogP contribution in [-0.2, 0) is 11.3 Å². The summed E-state index contributed by atoms with van der Waals surface area (Å²) in [6.07, 6.45) is 1.08. The molecule has 2 atom stereocenters. The van der Waals surface area contributed by atoms with Crippen molar-refractivity contribution < 1.29 is 4.74 Å². The van der Waals surface area contributed by atoms with E-state index in [1.807, 2.05) is 25.1 Å². The summed E-state index contributed by atoms with van der Waals surface area (Å²) >= 11 is 0. The molecule has 0 aliphatic heterocycles. The first-order valence-electron chi connectivity index (χ1n) is 5.15. The molecule has 78 valence electrons. The SMILES string of the molecule is CCC(N)[C@H](C)OCc1ccccc1. The van der Waals surface area contributed by atoms with Crippen LogP contribution in [0.1, 0.15) is 25.8 Å². The Kier molecular flexibility index (Phi) is 4.63. The van der Waals surface area contributed by atoms with Gasteiger partial charge >= 0.3 is 0 Å². The molecule has 2 N–H and O–H groups in total. The minimum atomic E-state index is 0.125. The molecular formula is C12H19NO. The van der Waals surface area contributed by atoms with Crippen molar-refractivity contribution in [3.63, 3.8) is 0 Å². The summed E-state index contributed by atoms with van der Waals surface area (Å²) in [5.74, 6) is 0. The summed E-state index contributed by atoms with van der Waals surface area (Å²) in [4.78, 5) is 0. The van der Waals surface area contributed by atoms with Gasteiger partial charge in [0, 0.05) is 6.04 Å². The molecule has 0 aliphatic carbocycles. The summed E-state index contributed by atoms with van der Waals surface area (Å²) in [7, 11) is 0. The Balaban J connectivity index is 2.34. The third-order valence-corrected chi connectivity index (χ3v) is 2.43. The van der Waals surface area contributed by atoms with Crippen molar-refractivity contribution in [2.24, 2.45) is 5.73 Å². The first-order chi connectivity index (χ1) is 6.74. The number of rotatable bonds is 5. The van der Waals surface area contributed by atoms with Gasteiger partial charge in [0.15, 0.2) is 0 Å². The molecule has 1 aromatic carbocycles. The Morgan fingerprint density at radius 3 is 2.50 bits per heavy atom. The highest BCUT2D eigenvalue weighted by Gasteiger charge is 2.10. The molecule has 0 bridgehead atoms. The number of hydrogen-bond donors (Lipinski definition) is 1. The van der Waals surface area contributed by atoms with E-state index in [9.17, 15) is 0 Å². The molecule has 0 radical (unpaired) electrons. The summed E-state index contributed by atoms with van der Waals surface area (Å²) in [5, 5.41) is 0. The van der Waals surface area contributed by atoms with Crippen molar-refractivity contribution in [2.45, 2.75) is 39.0 Å². The van der Waals surface area contributed by atoms with Crippen LogP contribution in [0, 0.1) is 0 Å².